The minimum Gasteiger partial charge on any atom is -0.255 e. The van der Waals surface area contributed by atoms with Gasteiger partial charge in [-0.1, -0.05) is 5.46 Å². The molecule has 0 amide bonds. The highest BCUT2D eigenvalue weighted by Gasteiger charge is 1.95. The molecule has 46 valence electrons. The first-order chi connectivity index (χ1) is 4.88. The van der Waals surface area contributed by atoms with E-state index in [0.29, 0.717) is 0 Å². The van der Waals surface area contributed by atoms with Crippen LogP contribution in [0.25, 0.3) is 10.2 Å². The van der Waals surface area contributed by atoms with Crippen LogP contribution in [0, 0.1) is 0 Å². The van der Waals surface area contributed by atoms with Crippen molar-refractivity contribution in [2.24, 2.45) is 0 Å². The number of aromatic nitrogens is 1. The Morgan fingerprint density at radius 2 is 2.30 bits per heavy atom. The summed E-state index contributed by atoms with van der Waals surface area (Å²) >= 11 is 1.63. The third-order valence-corrected chi connectivity index (χ3v) is 2.33. The third kappa shape index (κ3) is 0.744. The topological polar surface area (TPSA) is 12.9 Å². The molecule has 0 aromatic carbocycles. The number of nitrogens with zero attached hydrogens (tertiary/aromatic N) is 1. The predicted molar refractivity (Wildman–Crippen MR) is 45.0 cm³/mol. The summed E-state index contributed by atoms with van der Waals surface area (Å²) in [5, 5.41) is 1.99. The van der Waals surface area contributed by atoms with E-state index in [4.69, 9.17) is 7.85 Å². The van der Waals surface area contributed by atoms with Crippen molar-refractivity contribution in [2.75, 3.05) is 0 Å². The van der Waals surface area contributed by atoms with Crippen LogP contribution in [0.4, 0.5) is 0 Å². The number of rotatable bonds is 0. The van der Waals surface area contributed by atoms with E-state index in [1.807, 2.05) is 17.5 Å². The maximum Gasteiger partial charge on any atom is 0.115 e. The summed E-state index contributed by atoms with van der Waals surface area (Å²) in [5.74, 6) is 0. The molecular formula is C7H4BNS. The minimum absolute atomic E-state index is 0.819. The van der Waals surface area contributed by atoms with Gasteiger partial charge in [-0.3, -0.25) is 4.98 Å². The van der Waals surface area contributed by atoms with Crippen LogP contribution in [0.5, 0.6) is 0 Å². The van der Waals surface area contributed by atoms with Crippen molar-refractivity contribution < 1.29 is 0 Å². The normalized spacial score (nSPS) is 10.4. The molecule has 0 fully saturated rings. The van der Waals surface area contributed by atoms with E-state index in [0.717, 1.165) is 15.7 Å². The van der Waals surface area contributed by atoms with Gasteiger partial charge in [0, 0.05) is 10.9 Å². The van der Waals surface area contributed by atoms with Crippen molar-refractivity contribution in [3.05, 3.63) is 23.7 Å². The summed E-state index contributed by atoms with van der Waals surface area (Å²) in [6.45, 7) is 0. The molecule has 2 heterocycles. The van der Waals surface area contributed by atoms with Crippen molar-refractivity contribution in [1.82, 2.24) is 4.98 Å². The van der Waals surface area contributed by atoms with Crippen LogP contribution in [0.1, 0.15) is 0 Å². The Hall–Kier alpha value is -0.825. The fraction of sp³-hybridized carbons (Fsp3) is 0. The molecule has 3 heteroatoms. The van der Waals surface area contributed by atoms with E-state index in [9.17, 15) is 0 Å². The lowest BCUT2D eigenvalue weighted by Gasteiger charge is -1.91. The van der Waals surface area contributed by atoms with Crippen molar-refractivity contribution in [2.45, 2.75) is 0 Å². The first kappa shape index (κ1) is 5.92. The summed E-state index contributed by atoms with van der Waals surface area (Å²) in [5.41, 5.74) is 1.81. The Balaban J connectivity index is 2.95. The molecule has 0 N–H and O–H groups in total. The summed E-state index contributed by atoms with van der Waals surface area (Å²) in [7, 11) is 5.67. The Morgan fingerprint density at radius 1 is 1.40 bits per heavy atom. The van der Waals surface area contributed by atoms with Gasteiger partial charge in [0.2, 0.25) is 0 Å². The lowest BCUT2D eigenvalue weighted by molar-refractivity contribution is 1.44. The number of pyridine rings is 1. The lowest BCUT2D eigenvalue weighted by Crippen LogP contribution is -2.00. The van der Waals surface area contributed by atoms with Gasteiger partial charge in [-0.2, -0.15) is 0 Å². The number of fused-ring (bicyclic) bond motifs is 1. The molecule has 0 spiro atoms. The smallest absolute Gasteiger partial charge is 0.115 e. The molecule has 10 heavy (non-hydrogen) atoms. The second-order valence-electron chi connectivity index (χ2n) is 2.04. The maximum atomic E-state index is 5.67. The standard InChI is InChI=1S/C7H4BNS/c8-5-1-3-9-6-2-4-10-7(5)6/h1-4H. The Bertz CT molecular complexity index is 355. The molecule has 0 atom stereocenters. The number of hydrogen-bond donors (Lipinski definition) is 0. The van der Waals surface area contributed by atoms with E-state index in [1.54, 1.807) is 17.5 Å². The Kier molecular flexibility index (Phi) is 1.24. The van der Waals surface area contributed by atoms with Crippen LogP contribution >= 0.6 is 11.3 Å². The fourth-order valence-electron chi connectivity index (χ4n) is 0.894. The van der Waals surface area contributed by atoms with Crippen LogP contribution in [-0.4, -0.2) is 12.8 Å². The molecule has 0 saturated heterocycles. The van der Waals surface area contributed by atoms with Gasteiger partial charge in [0.15, 0.2) is 0 Å². The van der Waals surface area contributed by atoms with Gasteiger partial charge in [0.1, 0.15) is 7.85 Å². The second-order valence-corrected chi connectivity index (χ2v) is 2.95. The molecular weight excluding hydrogens is 141 g/mol. The Morgan fingerprint density at radius 3 is 3.10 bits per heavy atom. The number of hydrogen-bond acceptors (Lipinski definition) is 2. The molecule has 0 saturated carbocycles. The highest BCUT2D eigenvalue weighted by Crippen LogP contribution is 2.14. The van der Waals surface area contributed by atoms with Gasteiger partial charge in [-0.15, -0.1) is 11.3 Å². The zero-order valence-corrected chi connectivity index (χ0v) is 6.06. The fourth-order valence-corrected chi connectivity index (χ4v) is 1.67. The van der Waals surface area contributed by atoms with E-state index in [1.165, 1.54) is 0 Å². The van der Waals surface area contributed by atoms with Gasteiger partial charge >= 0.3 is 0 Å². The molecule has 1 nitrogen and oxygen atoms in total. The molecule has 0 aliphatic heterocycles. The SMILES string of the molecule is [B]c1ccnc2ccsc12. The average Bonchev–Trinajstić information content (AvgIpc) is 2.36. The lowest BCUT2D eigenvalue weighted by atomic mass is 9.97. The zero-order valence-electron chi connectivity index (χ0n) is 5.24. The summed E-state index contributed by atoms with van der Waals surface area (Å²) in [6.07, 6.45) is 1.73. The first-order valence-corrected chi connectivity index (χ1v) is 3.83. The second kappa shape index (κ2) is 2.09. The third-order valence-electron chi connectivity index (χ3n) is 1.37. The largest absolute Gasteiger partial charge is 0.255 e. The molecule has 2 rings (SSSR count). The molecule has 0 bridgehead atoms. The van der Waals surface area contributed by atoms with Crippen molar-refractivity contribution >= 4 is 34.9 Å². The van der Waals surface area contributed by atoms with Gasteiger partial charge in [-0.05, 0) is 17.5 Å². The van der Waals surface area contributed by atoms with Crippen LogP contribution in [0.2, 0.25) is 0 Å². The van der Waals surface area contributed by atoms with Crippen LogP contribution < -0.4 is 5.46 Å². The Labute approximate surface area is 64.1 Å². The molecule has 0 aliphatic carbocycles. The van der Waals surface area contributed by atoms with Crippen LogP contribution in [-0.2, 0) is 0 Å². The number of thiophene rings is 1. The molecule has 0 aliphatic rings. The van der Waals surface area contributed by atoms with Gasteiger partial charge < -0.3 is 0 Å². The molecule has 2 aromatic heterocycles. The molecule has 2 aromatic rings. The first-order valence-electron chi connectivity index (χ1n) is 2.95. The van der Waals surface area contributed by atoms with Crippen molar-refractivity contribution in [3.63, 3.8) is 0 Å². The highest BCUT2D eigenvalue weighted by molar-refractivity contribution is 7.18. The molecule has 0 unspecified atom stereocenters. The predicted octanol–water partition coefficient (Wildman–Crippen LogP) is 1.09. The maximum absolute atomic E-state index is 5.67. The highest BCUT2D eigenvalue weighted by atomic mass is 32.1. The van der Waals surface area contributed by atoms with Gasteiger partial charge in [-0.25, -0.2) is 0 Å². The average molecular weight is 145 g/mol. The van der Waals surface area contributed by atoms with Crippen molar-refractivity contribution in [1.29, 1.82) is 0 Å². The van der Waals surface area contributed by atoms with E-state index in [2.05, 4.69) is 4.98 Å². The van der Waals surface area contributed by atoms with Crippen LogP contribution in [0.15, 0.2) is 23.7 Å². The van der Waals surface area contributed by atoms with E-state index < -0.39 is 0 Å². The molecule has 2 radical (unpaired) electrons. The monoisotopic (exact) mass is 145 g/mol. The summed E-state index contributed by atoms with van der Waals surface area (Å²) < 4.78 is 1.09. The van der Waals surface area contributed by atoms with E-state index >= 15 is 0 Å². The van der Waals surface area contributed by atoms with Crippen LogP contribution in [0.3, 0.4) is 0 Å². The zero-order chi connectivity index (χ0) is 6.97. The van der Waals surface area contributed by atoms with Gasteiger partial charge in [0.25, 0.3) is 0 Å². The summed E-state index contributed by atoms with van der Waals surface area (Å²) in [6, 6.07) is 3.79. The van der Waals surface area contributed by atoms with Gasteiger partial charge in [0.05, 0.1) is 5.52 Å². The van der Waals surface area contributed by atoms with Crippen molar-refractivity contribution in [3.8, 4) is 0 Å². The minimum atomic E-state index is 0.819. The van der Waals surface area contributed by atoms with E-state index in [-0.39, 0.29) is 0 Å². The summed E-state index contributed by atoms with van der Waals surface area (Å²) in [4.78, 5) is 4.13. The quantitative estimate of drug-likeness (QED) is 0.505.